The highest BCUT2D eigenvalue weighted by Crippen LogP contribution is 2.14. The van der Waals surface area contributed by atoms with Gasteiger partial charge in [-0.2, -0.15) is 0 Å². The second-order valence-electron chi connectivity index (χ2n) is 5.11. The molecule has 1 saturated heterocycles. The molecule has 1 aromatic carbocycles. The Bertz CT molecular complexity index is 440. The van der Waals surface area contributed by atoms with E-state index in [1.54, 1.807) is 0 Å². The predicted molar refractivity (Wildman–Crippen MR) is 76.4 cm³/mol. The third-order valence-electron chi connectivity index (χ3n) is 3.47. The van der Waals surface area contributed by atoms with Crippen molar-refractivity contribution in [1.29, 1.82) is 0 Å². The molecule has 2 N–H and O–H groups in total. The lowest BCUT2D eigenvalue weighted by atomic mass is 10.1. The Hall–Kier alpha value is -1.39. The number of carbonyl (C=O) groups excluding carboxylic acids is 1. The van der Waals surface area contributed by atoms with Crippen molar-refractivity contribution in [3.8, 4) is 0 Å². The minimum Gasteiger partial charge on any atom is -0.377 e. The number of ether oxygens (including phenoxy) is 1. The normalized spacial score (nSPS) is 18.5. The van der Waals surface area contributed by atoms with Crippen LogP contribution in [0.15, 0.2) is 18.2 Å². The summed E-state index contributed by atoms with van der Waals surface area (Å²) in [6, 6.07) is 5.94. The standard InChI is InChI=1S/C15H22N2O2/c1-11-5-6-13(8-12(11)2)17-15(18)10-16-9-14-4-3-7-19-14/h5-6,8,14,16H,3-4,7,9-10H2,1-2H3,(H,17,18). The van der Waals surface area contributed by atoms with Crippen LogP contribution in [-0.4, -0.2) is 31.7 Å². The van der Waals surface area contributed by atoms with Gasteiger partial charge in [0.15, 0.2) is 0 Å². The molecule has 1 aromatic rings. The maximum absolute atomic E-state index is 11.8. The Balaban J connectivity index is 1.72. The van der Waals surface area contributed by atoms with Gasteiger partial charge < -0.3 is 15.4 Å². The molecule has 4 nitrogen and oxygen atoms in total. The van der Waals surface area contributed by atoms with E-state index in [1.165, 1.54) is 11.1 Å². The fraction of sp³-hybridized carbons (Fsp3) is 0.533. The summed E-state index contributed by atoms with van der Waals surface area (Å²) >= 11 is 0. The van der Waals surface area contributed by atoms with Gasteiger partial charge in [-0.05, 0) is 49.9 Å². The van der Waals surface area contributed by atoms with Crippen LogP contribution in [0.4, 0.5) is 5.69 Å². The first-order valence-corrected chi connectivity index (χ1v) is 6.84. The molecule has 1 unspecified atom stereocenters. The summed E-state index contributed by atoms with van der Waals surface area (Å²) in [5.41, 5.74) is 3.27. The molecule has 1 amide bonds. The van der Waals surface area contributed by atoms with Crippen molar-refractivity contribution in [2.24, 2.45) is 0 Å². The van der Waals surface area contributed by atoms with Crippen molar-refractivity contribution < 1.29 is 9.53 Å². The van der Waals surface area contributed by atoms with Crippen LogP contribution in [0.25, 0.3) is 0 Å². The lowest BCUT2D eigenvalue weighted by Crippen LogP contribution is -2.33. The number of carbonyl (C=O) groups is 1. The molecule has 1 fully saturated rings. The van der Waals surface area contributed by atoms with Gasteiger partial charge in [0.25, 0.3) is 0 Å². The second-order valence-corrected chi connectivity index (χ2v) is 5.11. The third-order valence-corrected chi connectivity index (χ3v) is 3.47. The molecule has 0 aromatic heterocycles. The van der Waals surface area contributed by atoms with Crippen LogP contribution in [-0.2, 0) is 9.53 Å². The first-order valence-electron chi connectivity index (χ1n) is 6.84. The molecule has 1 aliphatic heterocycles. The van der Waals surface area contributed by atoms with Crippen molar-refractivity contribution in [3.05, 3.63) is 29.3 Å². The fourth-order valence-corrected chi connectivity index (χ4v) is 2.18. The highest BCUT2D eigenvalue weighted by atomic mass is 16.5. The highest BCUT2D eigenvalue weighted by molar-refractivity contribution is 5.92. The monoisotopic (exact) mass is 262 g/mol. The van der Waals surface area contributed by atoms with Crippen LogP contribution in [0.1, 0.15) is 24.0 Å². The molecular weight excluding hydrogens is 240 g/mol. The Morgan fingerprint density at radius 1 is 1.37 bits per heavy atom. The van der Waals surface area contributed by atoms with Crippen LogP contribution in [0.5, 0.6) is 0 Å². The van der Waals surface area contributed by atoms with Gasteiger partial charge in [-0.15, -0.1) is 0 Å². The molecule has 1 aliphatic rings. The van der Waals surface area contributed by atoms with E-state index in [0.29, 0.717) is 6.54 Å². The molecule has 1 atom stereocenters. The molecule has 2 rings (SSSR count). The Labute approximate surface area is 114 Å². The van der Waals surface area contributed by atoms with Gasteiger partial charge >= 0.3 is 0 Å². The summed E-state index contributed by atoms with van der Waals surface area (Å²) < 4.78 is 5.49. The van der Waals surface area contributed by atoms with Crippen molar-refractivity contribution in [1.82, 2.24) is 5.32 Å². The number of rotatable bonds is 5. The van der Waals surface area contributed by atoms with Gasteiger partial charge in [0, 0.05) is 18.8 Å². The number of benzene rings is 1. The zero-order valence-electron chi connectivity index (χ0n) is 11.7. The van der Waals surface area contributed by atoms with Crippen molar-refractivity contribution in [2.45, 2.75) is 32.8 Å². The van der Waals surface area contributed by atoms with Gasteiger partial charge in [0.05, 0.1) is 12.6 Å². The lowest BCUT2D eigenvalue weighted by molar-refractivity contribution is -0.115. The summed E-state index contributed by atoms with van der Waals surface area (Å²) in [7, 11) is 0. The van der Waals surface area contributed by atoms with Crippen molar-refractivity contribution >= 4 is 11.6 Å². The molecule has 0 radical (unpaired) electrons. The summed E-state index contributed by atoms with van der Waals surface area (Å²) in [4.78, 5) is 11.8. The first kappa shape index (κ1) is 14.0. The molecule has 0 bridgehead atoms. The molecule has 1 heterocycles. The zero-order valence-corrected chi connectivity index (χ0v) is 11.7. The largest absolute Gasteiger partial charge is 0.377 e. The fourth-order valence-electron chi connectivity index (χ4n) is 2.18. The second kappa shape index (κ2) is 6.68. The van der Waals surface area contributed by atoms with Crippen LogP contribution in [0.2, 0.25) is 0 Å². The minimum absolute atomic E-state index is 0.0127. The smallest absolute Gasteiger partial charge is 0.238 e. The van der Waals surface area contributed by atoms with Crippen LogP contribution in [0.3, 0.4) is 0 Å². The number of hydrogen-bond acceptors (Lipinski definition) is 3. The minimum atomic E-state index is -0.0127. The van der Waals surface area contributed by atoms with E-state index >= 15 is 0 Å². The molecule has 0 aliphatic carbocycles. The van der Waals surface area contributed by atoms with Gasteiger partial charge in [-0.3, -0.25) is 4.79 Å². The molecule has 4 heteroatoms. The van der Waals surface area contributed by atoms with Crippen molar-refractivity contribution in [2.75, 3.05) is 25.0 Å². The number of amides is 1. The summed E-state index contributed by atoms with van der Waals surface area (Å²) in [6.07, 6.45) is 2.49. The quantitative estimate of drug-likeness (QED) is 0.853. The van der Waals surface area contributed by atoms with Gasteiger partial charge in [0.1, 0.15) is 0 Å². The van der Waals surface area contributed by atoms with E-state index < -0.39 is 0 Å². The molecule has 0 saturated carbocycles. The van der Waals surface area contributed by atoms with Crippen LogP contribution >= 0.6 is 0 Å². The Morgan fingerprint density at radius 2 is 2.21 bits per heavy atom. The van der Waals surface area contributed by atoms with Gasteiger partial charge in [0.2, 0.25) is 5.91 Å². The van der Waals surface area contributed by atoms with E-state index in [-0.39, 0.29) is 12.0 Å². The molecule has 0 spiro atoms. The van der Waals surface area contributed by atoms with E-state index in [4.69, 9.17) is 4.74 Å². The number of aryl methyl sites for hydroxylation is 2. The maximum atomic E-state index is 11.8. The number of hydrogen-bond donors (Lipinski definition) is 2. The van der Waals surface area contributed by atoms with E-state index in [9.17, 15) is 4.79 Å². The zero-order chi connectivity index (χ0) is 13.7. The average molecular weight is 262 g/mol. The Morgan fingerprint density at radius 3 is 2.89 bits per heavy atom. The van der Waals surface area contributed by atoms with Gasteiger partial charge in [-0.25, -0.2) is 0 Å². The summed E-state index contributed by atoms with van der Waals surface area (Å²) in [5, 5.41) is 6.03. The highest BCUT2D eigenvalue weighted by Gasteiger charge is 2.15. The maximum Gasteiger partial charge on any atom is 0.238 e. The summed E-state index contributed by atoms with van der Waals surface area (Å²) in [6.45, 7) is 6.03. The van der Waals surface area contributed by atoms with E-state index in [0.717, 1.165) is 31.7 Å². The van der Waals surface area contributed by atoms with Crippen molar-refractivity contribution in [3.63, 3.8) is 0 Å². The van der Waals surface area contributed by atoms with E-state index in [1.807, 2.05) is 25.1 Å². The Kier molecular flexibility index (Phi) is 4.93. The predicted octanol–water partition coefficient (Wildman–Crippen LogP) is 2.01. The SMILES string of the molecule is Cc1ccc(NC(=O)CNCC2CCCO2)cc1C. The third kappa shape index (κ3) is 4.33. The number of nitrogens with one attached hydrogen (secondary N) is 2. The lowest BCUT2D eigenvalue weighted by Gasteiger charge is -2.11. The van der Waals surface area contributed by atoms with Crippen LogP contribution in [0, 0.1) is 13.8 Å². The molecule has 19 heavy (non-hydrogen) atoms. The summed E-state index contributed by atoms with van der Waals surface area (Å²) in [5.74, 6) is -0.0127. The van der Waals surface area contributed by atoms with Gasteiger partial charge in [-0.1, -0.05) is 6.07 Å². The topological polar surface area (TPSA) is 50.4 Å². The molecule has 104 valence electrons. The molecular formula is C15H22N2O2. The van der Waals surface area contributed by atoms with E-state index in [2.05, 4.69) is 17.6 Å². The van der Waals surface area contributed by atoms with Crippen LogP contribution < -0.4 is 10.6 Å². The first-order chi connectivity index (χ1) is 9.15. The average Bonchev–Trinajstić information content (AvgIpc) is 2.87. The number of anilines is 1.